The Kier molecular flexibility index (Phi) is 5.07. The van der Waals surface area contributed by atoms with Crippen LogP contribution in [0.15, 0.2) is 35.3 Å². The van der Waals surface area contributed by atoms with Crippen LogP contribution in [0, 0.1) is 0 Å². The third-order valence-electron chi connectivity index (χ3n) is 5.90. The Hall–Kier alpha value is -2.14. The summed E-state index contributed by atoms with van der Waals surface area (Å²) in [6, 6.07) is 8.99. The van der Waals surface area contributed by atoms with E-state index in [0.717, 1.165) is 29.9 Å². The normalized spacial score (nSPS) is 19.7. The number of nitrogens with zero attached hydrogens (tertiary/aromatic N) is 3. The fourth-order valence-electron chi connectivity index (χ4n) is 4.31. The Morgan fingerprint density at radius 2 is 1.62 bits per heavy atom. The molecule has 2 fully saturated rings. The fourth-order valence-corrected chi connectivity index (χ4v) is 4.31. The molecular weight excluding hydrogens is 324 g/mol. The molecule has 2 saturated heterocycles. The molecule has 2 aliphatic rings. The monoisotopic (exact) mass is 352 g/mol. The zero-order valence-corrected chi connectivity index (χ0v) is 15.6. The molecule has 3 heterocycles. The van der Waals surface area contributed by atoms with Crippen molar-refractivity contribution in [2.75, 3.05) is 31.1 Å². The standard InChI is InChI=1S/C21H28N4O/c1-16(24-11-3-2-4-12-24)17-7-9-18(10-8-17)20-19(15-22-23-21(20)26)25-13-5-6-14-25/h7-10,15-16H,2-6,11-14H2,1H3,(H,23,26). The highest BCUT2D eigenvalue weighted by molar-refractivity contribution is 5.77. The van der Waals surface area contributed by atoms with E-state index in [1.54, 1.807) is 6.20 Å². The van der Waals surface area contributed by atoms with Gasteiger partial charge in [-0.05, 0) is 56.8 Å². The first-order valence-corrected chi connectivity index (χ1v) is 9.91. The van der Waals surface area contributed by atoms with Crippen molar-refractivity contribution in [3.05, 3.63) is 46.4 Å². The molecule has 0 saturated carbocycles. The van der Waals surface area contributed by atoms with Crippen molar-refractivity contribution in [1.29, 1.82) is 0 Å². The molecule has 26 heavy (non-hydrogen) atoms. The molecule has 1 N–H and O–H groups in total. The summed E-state index contributed by atoms with van der Waals surface area (Å²) in [4.78, 5) is 17.4. The van der Waals surface area contributed by atoms with Crippen LogP contribution >= 0.6 is 0 Å². The van der Waals surface area contributed by atoms with E-state index in [9.17, 15) is 4.79 Å². The third-order valence-corrected chi connectivity index (χ3v) is 5.90. The average Bonchev–Trinajstić information content (AvgIpc) is 3.23. The smallest absolute Gasteiger partial charge is 0.274 e. The van der Waals surface area contributed by atoms with Crippen LogP contribution in [0.25, 0.3) is 11.1 Å². The van der Waals surface area contributed by atoms with Crippen molar-refractivity contribution in [3.63, 3.8) is 0 Å². The van der Waals surface area contributed by atoms with Gasteiger partial charge in [-0.1, -0.05) is 30.7 Å². The Balaban J connectivity index is 1.62. The summed E-state index contributed by atoms with van der Waals surface area (Å²) in [6.07, 6.45) is 8.11. The first-order valence-electron chi connectivity index (χ1n) is 9.91. The maximum atomic E-state index is 12.5. The summed E-state index contributed by atoms with van der Waals surface area (Å²) in [7, 11) is 0. The van der Waals surface area contributed by atoms with Gasteiger partial charge in [-0.25, -0.2) is 5.10 Å². The fraction of sp³-hybridized carbons (Fsp3) is 0.524. The lowest BCUT2D eigenvalue weighted by Crippen LogP contribution is -2.32. The van der Waals surface area contributed by atoms with E-state index in [4.69, 9.17) is 0 Å². The molecule has 0 spiro atoms. The van der Waals surface area contributed by atoms with Crippen molar-refractivity contribution in [2.24, 2.45) is 0 Å². The average molecular weight is 352 g/mol. The van der Waals surface area contributed by atoms with Crippen LogP contribution in [0.1, 0.15) is 50.6 Å². The van der Waals surface area contributed by atoms with Crippen molar-refractivity contribution in [2.45, 2.75) is 45.1 Å². The first kappa shape index (κ1) is 17.3. The van der Waals surface area contributed by atoms with Crippen LogP contribution in [0.2, 0.25) is 0 Å². The van der Waals surface area contributed by atoms with Crippen molar-refractivity contribution < 1.29 is 0 Å². The number of aromatic amines is 1. The van der Waals surface area contributed by atoms with Gasteiger partial charge in [0.2, 0.25) is 0 Å². The Morgan fingerprint density at radius 3 is 2.31 bits per heavy atom. The number of benzene rings is 1. The first-order chi connectivity index (χ1) is 12.7. The summed E-state index contributed by atoms with van der Waals surface area (Å²) >= 11 is 0. The van der Waals surface area contributed by atoms with E-state index in [1.807, 2.05) is 0 Å². The minimum absolute atomic E-state index is 0.105. The predicted octanol–water partition coefficient (Wildman–Crippen LogP) is 3.58. The van der Waals surface area contributed by atoms with Crippen LogP contribution in [0.4, 0.5) is 5.69 Å². The summed E-state index contributed by atoms with van der Waals surface area (Å²) in [5.74, 6) is 0. The second-order valence-corrected chi connectivity index (χ2v) is 7.55. The number of hydrogen-bond donors (Lipinski definition) is 1. The number of nitrogens with one attached hydrogen (secondary N) is 1. The molecule has 2 aliphatic heterocycles. The number of H-pyrrole nitrogens is 1. The minimum Gasteiger partial charge on any atom is -0.370 e. The lowest BCUT2D eigenvalue weighted by Gasteiger charge is -2.32. The zero-order chi connectivity index (χ0) is 17.9. The van der Waals surface area contributed by atoms with Gasteiger partial charge < -0.3 is 4.90 Å². The van der Waals surface area contributed by atoms with E-state index >= 15 is 0 Å². The van der Waals surface area contributed by atoms with Crippen LogP contribution in [0.5, 0.6) is 0 Å². The molecular formula is C21H28N4O. The summed E-state index contributed by atoms with van der Waals surface area (Å²) < 4.78 is 0. The van der Waals surface area contributed by atoms with Gasteiger partial charge >= 0.3 is 0 Å². The van der Waals surface area contributed by atoms with Crippen LogP contribution in [0.3, 0.4) is 0 Å². The van der Waals surface area contributed by atoms with Gasteiger partial charge in [0.05, 0.1) is 17.4 Å². The molecule has 1 unspecified atom stereocenters. The lowest BCUT2D eigenvalue weighted by molar-refractivity contribution is 0.175. The minimum atomic E-state index is -0.105. The van der Waals surface area contributed by atoms with Gasteiger partial charge in [0, 0.05) is 19.1 Å². The maximum Gasteiger partial charge on any atom is 0.274 e. The van der Waals surface area contributed by atoms with Gasteiger partial charge in [0.25, 0.3) is 5.56 Å². The van der Waals surface area contributed by atoms with Gasteiger partial charge in [-0.2, -0.15) is 5.10 Å². The molecule has 0 radical (unpaired) electrons. The molecule has 2 aromatic rings. The number of rotatable bonds is 4. The molecule has 0 aliphatic carbocycles. The number of likely N-dealkylation sites (tertiary alicyclic amines) is 1. The van der Waals surface area contributed by atoms with Gasteiger partial charge in [-0.15, -0.1) is 0 Å². The maximum absolute atomic E-state index is 12.5. The summed E-state index contributed by atoms with van der Waals surface area (Å²) in [5.41, 5.74) is 3.90. The topological polar surface area (TPSA) is 52.2 Å². The van der Waals surface area contributed by atoms with E-state index in [-0.39, 0.29) is 5.56 Å². The molecule has 1 aromatic heterocycles. The highest BCUT2D eigenvalue weighted by Gasteiger charge is 2.21. The Bertz CT molecular complexity index is 786. The van der Waals surface area contributed by atoms with Crippen LogP contribution in [-0.2, 0) is 0 Å². The molecule has 5 nitrogen and oxygen atoms in total. The highest BCUT2D eigenvalue weighted by Crippen LogP contribution is 2.31. The molecule has 1 aromatic carbocycles. The second-order valence-electron chi connectivity index (χ2n) is 7.55. The second kappa shape index (κ2) is 7.62. The van der Waals surface area contributed by atoms with Crippen molar-refractivity contribution in [1.82, 2.24) is 15.1 Å². The van der Waals surface area contributed by atoms with Gasteiger partial charge in [-0.3, -0.25) is 9.69 Å². The van der Waals surface area contributed by atoms with Crippen molar-refractivity contribution >= 4 is 5.69 Å². The number of aromatic nitrogens is 2. The summed E-state index contributed by atoms with van der Waals surface area (Å²) in [5, 5.41) is 6.65. The van der Waals surface area contributed by atoms with Crippen LogP contribution < -0.4 is 10.5 Å². The SMILES string of the molecule is CC(c1ccc(-c2c(N3CCCC3)cn[nH]c2=O)cc1)N1CCCCC1. The van der Waals surface area contributed by atoms with E-state index < -0.39 is 0 Å². The zero-order valence-electron chi connectivity index (χ0n) is 15.6. The van der Waals surface area contributed by atoms with Gasteiger partial charge in [0.1, 0.15) is 0 Å². The molecule has 1 atom stereocenters. The molecule has 5 heteroatoms. The lowest BCUT2D eigenvalue weighted by atomic mass is 9.99. The van der Waals surface area contributed by atoms with E-state index in [2.05, 4.69) is 51.2 Å². The number of piperidine rings is 1. The summed E-state index contributed by atoms with van der Waals surface area (Å²) in [6.45, 7) is 6.66. The van der Waals surface area contributed by atoms with E-state index in [0.29, 0.717) is 6.04 Å². The quantitative estimate of drug-likeness (QED) is 0.914. The predicted molar refractivity (Wildman–Crippen MR) is 106 cm³/mol. The number of anilines is 1. The largest absolute Gasteiger partial charge is 0.370 e. The van der Waals surface area contributed by atoms with Crippen molar-refractivity contribution in [3.8, 4) is 11.1 Å². The molecule has 0 bridgehead atoms. The highest BCUT2D eigenvalue weighted by atomic mass is 16.1. The third kappa shape index (κ3) is 3.40. The Morgan fingerprint density at radius 1 is 0.962 bits per heavy atom. The molecule has 0 amide bonds. The number of hydrogen-bond acceptors (Lipinski definition) is 4. The molecule has 138 valence electrons. The molecule has 4 rings (SSSR count). The van der Waals surface area contributed by atoms with Gasteiger partial charge in [0.15, 0.2) is 0 Å². The Labute approximate surface area is 155 Å². The van der Waals surface area contributed by atoms with Crippen LogP contribution in [-0.4, -0.2) is 41.3 Å². The van der Waals surface area contributed by atoms with E-state index in [1.165, 1.54) is 50.8 Å².